The molecule has 46 heavy (non-hydrogen) atoms. The zero-order valence-corrected chi connectivity index (χ0v) is 26.2. The molecule has 0 bridgehead atoms. The summed E-state index contributed by atoms with van der Waals surface area (Å²) < 4.78 is 31.4. The summed E-state index contributed by atoms with van der Waals surface area (Å²) in [6.07, 6.45) is 6.05. The second kappa shape index (κ2) is 21.3. The monoisotopic (exact) mass is 632 g/mol. The number of methoxy groups -OCH3 is 1. The highest BCUT2D eigenvalue weighted by molar-refractivity contribution is 5.91. The molecular weight excluding hydrogens is 592 g/mol. The van der Waals surface area contributed by atoms with Crippen LogP contribution >= 0.6 is 0 Å². The molecule has 0 unspecified atom stereocenters. The van der Waals surface area contributed by atoms with Crippen LogP contribution < -0.4 is 18.9 Å². The van der Waals surface area contributed by atoms with E-state index in [-0.39, 0.29) is 0 Å². The Labute approximate surface area is 269 Å². The van der Waals surface area contributed by atoms with Crippen LogP contribution in [0.15, 0.2) is 92.0 Å². The molecule has 0 aromatic heterocycles. The number of benzene rings is 3. The third-order valence-corrected chi connectivity index (χ3v) is 6.13. The van der Waals surface area contributed by atoms with Gasteiger partial charge in [-0.15, -0.1) is 0 Å². The molecule has 10 nitrogen and oxygen atoms in total. The van der Waals surface area contributed by atoms with Gasteiger partial charge in [-0.05, 0) is 105 Å². The van der Waals surface area contributed by atoms with Crippen molar-refractivity contribution in [1.29, 1.82) is 0 Å². The summed E-state index contributed by atoms with van der Waals surface area (Å²) in [6, 6.07) is 18.9. The molecule has 10 heteroatoms. The highest BCUT2D eigenvalue weighted by Crippen LogP contribution is 2.24. The third kappa shape index (κ3) is 14.4. The summed E-state index contributed by atoms with van der Waals surface area (Å²) in [5, 5.41) is 0. The number of hydrogen-bond acceptors (Lipinski definition) is 10. The van der Waals surface area contributed by atoms with Crippen LogP contribution in [0.25, 0.3) is 0 Å². The van der Waals surface area contributed by atoms with Crippen LogP contribution in [0.1, 0.15) is 52.0 Å². The van der Waals surface area contributed by atoms with Gasteiger partial charge in [0.15, 0.2) is 0 Å². The minimum atomic E-state index is -0.441. The minimum absolute atomic E-state index is 0.337. The van der Waals surface area contributed by atoms with Crippen LogP contribution in [-0.2, 0) is 19.1 Å². The number of hydrogen-bond donors (Lipinski definition) is 0. The van der Waals surface area contributed by atoms with Gasteiger partial charge >= 0.3 is 17.9 Å². The lowest BCUT2D eigenvalue weighted by Crippen LogP contribution is -2.09. The molecule has 0 fully saturated rings. The normalized spacial score (nSPS) is 9.87. The molecule has 0 heterocycles. The fourth-order valence-corrected chi connectivity index (χ4v) is 3.60. The molecule has 3 aromatic carbocycles. The highest BCUT2D eigenvalue weighted by Gasteiger charge is 2.11. The molecule has 0 amide bonds. The van der Waals surface area contributed by atoms with Crippen molar-refractivity contribution in [3.05, 3.63) is 109 Å². The van der Waals surface area contributed by atoms with Crippen LogP contribution in [-0.4, -0.2) is 57.7 Å². The van der Waals surface area contributed by atoms with Gasteiger partial charge in [0.05, 0.1) is 39.1 Å². The molecule has 0 aliphatic carbocycles. The van der Waals surface area contributed by atoms with Crippen LogP contribution in [0.2, 0.25) is 0 Å². The summed E-state index contributed by atoms with van der Waals surface area (Å²) in [5.74, 6) is 1.31. The Morgan fingerprint density at radius 3 is 1.61 bits per heavy atom. The first-order chi connectivity index (χ1) is 22.3. The van der Waals surface area contributed by atoms with Gasteiger partial charge in [0, 0.05) is 17.7 Å². The van der Waals surface area contributed by atoms with Gasteiger partial charge in [-0.3, -0.25) is 4.79 Å². The lowest BCUT2D eigenvalue weighted by molar-refractivity contribution is -0.138. The number of esters is 3. The van der Waals surface area contributed by atoms with Gasteiger partial charge < -0.3 is 28.4 Å². The van der Waals surface area contributed by atoms with E-state index in [2.05, 4.69) is 13.2 Å². The van der Waals surface area contributed by atoms with Gasteiger partial charge in [0.25, 0.3) is 0 Å². The Morgan fingerprint density at radius 1 is 0.674 bits per heavy atom. The predicted molar refractivity (Wildman–Crippen MR) is 173 cm³/mol. The van der Waals surface area contributed by atoms with Crippen molar-refractivity contribution in [2.75, 3.05) is 33.5 Å². The number of aryl methyl sites for hydroxylation is 1. The number of carbonyl (C=O) groups excluding carboxylic acids is 4. The van der Waals surface area contributed by atoms with E-state index in [4.69, 9.17) is 28.4 Å². The maximum absolute atomic E-state index is 12.3. The molecule has 0 aliphatic heterocycles. The quantitative estimate of drug-likeness (QED) is 0.0505. The van der Waals surface area contributed by atoms with Crippen LogP contribution in [0, 0.1) is 6.92 Å². The van der Waals surface area contributed by atoms with E-state index in [1.165, 1.54) is 0 Å². The SMILES string of the molecule is C=CC(=O)OCCCCOc1ccc(C(=O)Oc2ccc(OC)cc2C)cc1.C=CC(=O)OCCCCOc1ccc(C=O)cc1. The Bertz CT molecular complexity index is 1410. The summed E-state index contributed by atoms with van der Waals surface area (Å²) in [7, 11) is 1.59. The summed E-state index contributed by atoms with van der Waals surface area (Å²) in [5.41, 5.74) is 1.86. The average Bonchev–Trinajstić information content (AvgIpc) is 3.09. The van der Waals surface area contributed by atoms with Crippen LogP contribution in [0.4, 0.5) is 0 Å². The molecule has 0 saturated heterocycles. The summed E-state index contributed by atoms with van der Waals surface area (Å²) in [4.78, 5) is 44.4. The first kappa shape index (κ1) is 36.8. The fourth-order valence-electron chi connectivity index (χ4n) is 3.60. The fraction of sp³-hybridized carbons (Fsp3) is 0.278. The predicted octanol–water partition coefficient (Wildman–Crippen LogP) is 6.50. The molecule has 3 rings (SSSR count). The van der Waals surface area contributed by atoms with Gasteiger partial charge in [-0.2, -0.15) is 0 Å². The Balaban J connectivity index is 0.000000353. The van der Waals surface area contributed by atoms with Gasteiger partial charge in [0.2, 0.25) is 0 Å². The Hall–Kier alpha value is -5.38. The second-order valence-electron chi connectivity index (χ2n) is 9.59. The van der Waals surface area contributed by atoms with E-state index >= 15 is 0 Å². The lowest BCUT2D eigenvalue weighted by atomic mass is 10.2. The van der Waals surface area contributed by atoms with Crippen molar-refractivity contribution in [1.82, 2.24) is 0 Å². The maximum Gasteiger partial charge on any atom is 0.343 e. The van der Waals surface area contributed by atoms with Crippen molar-refractivity contribution in [3.63, 3.8) is 0 Å². The second-order valence-corrected chi connectivity index (χ2v) is 9.59. The third-order valence-electron chi connectivity index (χ3n) is 6.13. The topological polar surface area (TPSA) is 124 Å². The zero-order valence-electron chi connectivity index (χ0n) is 26.2. The zero-order chi connectivity index (χ0) is 33.6. The first-order valence-corrected chi connectivity index (χ1v) is 14.7. The summed E-state index contributed by atoms with van der Waals surface area (Å²) >= 11 is 0. The molecule has 0 atom stereocenters. The van der Waals surface area contributed by atoms with Gasteiger partial charge in [0.1, 0.15) is 29.3 Å². The molecule has 244 valence electrons. The van der Waals surface area contributed by atoms with E-state index in [0.29, 0.717) is 61.2 Å². The molecule has 0 N–H and O–H groups in total. The number of rotatable bonds is 18. The number of ether oxygens (including phenoxy) is 6. The van der Waals surface area contributed by atoms with Crippen molar-refractivity contribution in [2.45, 2.75) is 32.6 Å². The van der Waals surface area contributed by atoms with Crippen molar-refractivity contribution in [3.8, 4) is 23.0 Å². The van der Waals surface area contributed by atoms with Crippen molar-refractivity contribution < 1.29 is 47.6 Å². The van der Waals surface area contributed by atoms with Crippen LogP contribution in [0.5, 0.6) is 23.0 Å². The molecular formula is C36H40O10. The molecule has 0 aliphatic rings. The smallest absolute Gasteiger partial charge is 0.343 e. The molecule has 3 aromatic rings. The van der Waals surface area contributed by atoms with Crippen molar-refractivity contribution in [2.24, 2.45) is 0 Å². The Kier molecular flexibility index (Phi) is 17.1. The maximum atomic E-state index is 12.3. The van der Waals surface area contributed by atoms with E-state index in [1.807, 2.05) is 6.92 Å². The molecule has 0 radical (unpaired) electrons. The highest BCUT2D eigenvalue weighted by atomic mass is 16.5. The lowest BCUT2D eigenvalue weighted by Gasteiger charge is -2.10. The standard InChI is InChI=1S/C22H24O6.C14H16O4/c1-4-21(23)27-14-6-5-13-26-18-9-7-17(8-10-18)22(24)28-20-12-11-19(25-3)15-16(20)2;1-2-14(16)18-10-4-3-9-17-13-7-5-12(11-15)6-8-13/h4,7-12,15H,1,5-6,13-14H2,2-3H3;2,5-8,11H,1,3-4,9-10H2. The van der Waals surface area contributed by atoms with Crippen LogP contribution in [0.3, 0.4) is 0 Å². The van der Waals surface area contributed by atoms with Gasteiger partial charge in [-0.25, -0.2) is 14.4 Å². The van der Waals surface area contributed by atoms with E-state index in [0.717, 1.165) is 49.0 Å². The number of unbranched alkanes of at least 4 members (excludes halogenated alkanes) is 2. The van der Waals surface area contributed by atoms with E-state index in [1.54, 1.807) is 73.8 Å². The van der Waals surface area contributed by atoms with Gasteiger partial charge in [-0.1, -0.05) is 13.2 Å². The van der Waals surface area contributed by atoms with E-state index in [9.17, 15) is 19.2 Å². The average molecular weight is 633 g/mol. The van der Waals surface area contributed by atoms with E-state index < -0.39 is 17.9 Å². The summed E-state index contributed by atoms with van der Waals surface area (Å²) in [6.45, 7) is 10.2. The number of aldehydes is 1. The first-order valence-electron chi connectivity index (χ1n) is 14.7. The molecule has 0 saturated carbocycles. The minimum Gasteiger partial charge on any atom is -0.497 e. The number of carbonyl (C=O) groups is 4. The molecule has 0 spiro atoms. The Morgan fingerprint density at radius 2 is 1.15 bits per heavy atom. The van der Waals surface area contributed by atoms with Crippen molar-refractivity contribution >= 4 is 24.2 Å². The largest absolute Gasteiger partial charge is 0.497 e.